The van der Waals surface area contributed by atoms with Gasteiger partial charge in [0.15, 0.2) is 0 Å². The number of benzene rings is 1. The molecule has 0 heterocycles. The van der Waals surface area contributed by atoms with Gasteiger partial charge in [-0.2, -0.15) is 0 Å². The van der Waals surface area contributed by atoms with Gasteiger partial charge in [-0.1, -0.05) is 20.8 Å². The highest BCUT2D eigenvalue weighted by molar-refractivity contribution is 7.99. The van der Waals surface area contributed by atoms with Gasteiger partial charge in [0.1, 0.15) is 0 Å². The van der Waals surface area contributed by atoms with Crippen LogP contribution in [-0.4, -0.2) is 29.4 Å². The molecule has 0 aliphatic heterocycles. The Bertz CT molecular complexity index is 390. The summed E-state index contributed by atoms with van der Waals surface area (Å²) in [5.74, 6) is 1.32. The molecule has 1 unspecified atom stereocenters. The lowest BCUT2D eigenvalue weighted by atomic mass is 10.1. The van der Waals surface area contributed by atoms with Crippen LogP contribution in [0, 0.1) is 5.92 Å². The first-order chi connectivity index (χ1) is 9.02. The Morgan fingerprint density at radius 2 is 1.95 bits per heavy atom. The largest absolute Gasteiger partial charge is 0.391 e. The molecular formula is C15H23NO2S. The second-order valence-corrected chi connectivity index (χ2v) is 6.29. The molecule has 0 bridgehead atoms. The average Bonchev–Trinajstić information content (AvgIpc) is 2.36. The molecule has 0 saturated carbocycles. The number of carbonyl (C=O) groups excluding carboxylic acids is 1. The Hall–Kier alpha value is -1.00. The van der Waals surface area contributed by atoms with Crippen LogP contribution in [0.2, 0.25) is 0 Å². The summed E-state index contributed by atoms with van der Waals surface area (Å²) in [6, 6.07) is 7.55. The number of nitrogens with one attached hydrogen (secondary N) is 1. The number of rotatable bonds is 7. The van der Waals surface area contributed by atoms with Crippen LogP contribution < -0.4 is 5.32 Å². The molecule has 1 amide bonds. The predicted octanol–water partition coefficient (Wildman–Crippen LogP) is 2.94. The quantitative estimate of drug-likeness (QED) is 0.756. The van der Waals surface area contributed by atoms with Gasteiger partial charge in [-0.15, -0.1) is 11.8 Å². The van der Waals surface area contributed by atoms with Crippen LogP contribution >= 0.6 is 11.8 Å². The summed E-state index contributed by atoms with van der Waals surface area (Å²) < 4.78 is 0. The van der Waals surface area contributed by atoms with Crippen molar-refractivity contribution in [2.75, 3.05) is 12.3 Å². The van der Waals surface area contributed by atoms with E-state index in [0.29, 0.717) is 24.4 Å². The van der Waals surface area contributed by atoms with Gasteiger partial charge in [0, 0.05) is 17.0 Å². The van der Waals surface area contributed by atoms with E-state index >= 15 is 0 Å². The molecule has 3 nitrogen and oxygen atoms in total. The summed E-state index contributed by atoms with van der Waals surface area (Å²) in [7, 11) is 0. The normalized spacial score (nSPS) is 12.5. The number of hydrogen-bond acceptors (Lipinski definition) is 3. The number of aliphatic hydroxyl groups is 1. The first kappa shape index (κ1) is 16.1. The van der Waals surface area contributed by atoms with E-state index in [4.69, 9.17) is 0 Å². The van der Waals surface area contributed by atoms with Gasteiger partial charge in [0.05, 0.1) is 6.10 Å². The summed E-state index contributed by atoms with van der Waals surface area (Å²) in [6.45, 7) is 6.51. The van der Waals surface area contributed by atoms with Crippen molar-refractivity contribution in [1.29, 1.82) is 0 Å². The molecule has 1 atom stereocenters. The fourth-order valence-electron chi connectivity index (χ4n) is 1.81. The van der Waals surface area contributed by atoms with Crippen molar-refractivity contribution in [1.82, 2.24) is 5.32 Å². The van der Waals surface area contributed by atoms with Gasteiger partial charge < -0.3 is 10.4 Å². The fraction of sp³-hybridized carbons (Fsp3) is 0.533. The molecule has 1 aromatic carbocycles. The molecule has 0 fully saturated rings. The Kier molecular flexibility index (Phi) is 6.95. The lowest BCUT2D eigenvalue weighted by molar-refractivity contribution is 0.0900. The third-order valence-electron chi connectivity index (χ3n) is 2.67. The van der Waals surface area contributed by atoms with Crippen LogP contribution in [0.3, 0.4) is 0 Å². The molecule has 4 heteroatoms. The first-order valence-electron chi connectivity index (χ1n) is 6.72. The Labute approximate surface area is 119 Å². The highest BCUT2D eigenvalue weighted by Crippen LogP contribution is 2.17. The molecule has 0 radical (unpaired) electrons. The highest BCUT2D eigenvalue weighted by Gasteiger charge is 2.10. The molecule has 1 aromatic rings. The second kappa shape index (κ2) is 8.23. The number of thioether (sulfide) groups is 1. The monoisotopic (exact) mass is 281 g/mol. The summed E-state index contributed by atoms with van der Waals surface area (Å²) in [5, 5.41) is 12.5. The smallest absolute Gasteiger partial charge is 0.251 e. The number of aliphatic hydroxyl groups excluding tert-OH is 1. The lowest BCUT2D eigenvalue weighted by Gasteiger charge is -2.13. The van der Waals surface area contributed by atoms with Gasteiger partial charge in [0.2, 0.25) is 0 Å². The molecule has 0 aliphatic rings. The highest BCUT2D eigenvalue weighted by atomic mass is 32.2. The summed E-state index contributed by atoms with van der Waals surface area (Å²) in [5.41, 5.74) is 0.636. The van der Waals surface area contributed by atoms with Crippen LogP contribution in [0.25, 0.3) is 0 Å². The predicted molar refractivity (Wildman–Crippen MR) is 80.6 cm³/mol. The van der Waals surface area contributed by atoms with E-state index in [0.717, 1.165) is 5.75 Å². The maximum absolute atomic E-state index is 11.9. The van der Waals surface area contributed by atoms with E-state index in [1.165, 1.54) is 4.90 Å². The van der Waals surface area contributed by atoms with Crippen molar-refractivity contribution < 1.29 is 9.90 Å². The minimum Gasteiger partial charge on any atom is -0.391 e. The van der Waals surface area contributed by atoms with Crippen LogP contribution in [0.4, 0.5) is 0 Å². The third-order valence-corrected chi connectivity index (χ3v) is 3.56. The van der Waals surface area contributed by atoms with E-state index < -0.39 is 6.10 Å². The van der Waals surface area contributed by atoms with Crippen LogP contribution in [-0.2, 0) is 0 Å². The molecular weight excluding hydrogens is 258 g/mol. The van der Waals surface area contributed by atoms with Crippen molar-refractivity contribution in [3.63, 3.8) is 0 Å². The minimum atomic E-state index is -0.473. The zero-order chi connectivity index (χ0) is 14.3. The fourth-order valence-corrected chi connectivity index (χ4v) is 2.47. The van der Waals surface area contributed by atoms with E-state index in [1.54, 1.807) is 11.8 Å². The topological polar surface area (TPSA) is 49.3 Å². The maximum atomic E-state index is 11.9. The standard InChI is InChI=1S/C15H23NO2S/c1-4-19-14-7-5-12(6-8-14)15(18)16-10-13(17)9-11(2)3/h5-8,11,13,17H,4,9-10H2,1-3H3,(H,16,18). The molecule has 0 aliphatic carbocycles. The molecule has 0 aromatic heterocycles. The van der Waals surface area contributed by atoms with Crippen molar-refractivity contribution in [2.45, 2.75) is 38.2 Å². The van der Waals surface area contributed by atoms with E-state index in [-0.39, 0.29) is 5.91 Å². The zero-order valence-corrected chi connectivity index (χ0v) is 12.7. The first-order valence-corrected chi connectivity index (χ1v) is 7.70. The van der Waals surface area contributed by atoms with Crippen molar-refractivity contribution in [3.05, 3.63) is 29.8 Å². The van der Waals surface area contributed by atoms with Crippen molar-refractivity contribution in [2.24, 2.45) is 5.92 Å². The van der Waals surface area contributed by atoms with Gasteiger partial charge in [-0.3, -0.25) is 4.79 Å². The number of carbonyl (C=O) groups is 1. The van der Waals surface area contributed by atoms with E-state index in [1.807, 2.05) is 24.3 Å². The maximum Gasteiger partial charge on any atom is 0.251 e. The van der Waals surface area contributed by atoms with Crippen molar-refractivity contribution >= 4 is 17.7 Å². The average molecular weight is 281 g/mol. The SMILES string of the molecule is CCSc1ccc(C(=O)NCC(O)CC(C)C)cc1. The van der Waals surface area contributed by atoms with Gasteiger partial charge in [0.25, 0.3) is 5.91 Å². The summed E-state index contributed by atoms with van der Waals surface area (Å²) in [6.07, 6.45) is 0.227. The Balaban J connectivity index is 2.44. The van der Waals surface area contributed by atoms with E-state index in [2.05, 4.69) is 26.1 Å². The molecule has 19 heavy (non-hydrogen) atoms. The molecule has 1 rings (SSSR count). The van der Waals surface area contributed by atoms with Crippen LogP contribution in [0.15, 0.2) is 29.2 Å². The summed E-state index contributed by atoms with van der Waals surface area (Å²) >= 11 is 1.75. The number of hydrogen-bond donors (Lipinski definition) is 2. The van der Waals surface area contributed by atoms with Gasteiger partial charge >= 0.3 is 0 Å². The summed E-state index contributed by atoms with van der Waals surface area (Å²) in [4.78, 5) is 13.0. The van der Waals surface area contributed by atoms with Gasteiger partial charge in [-0.25, -0.2) is 0 Å². The Morgan fingerprint density at radius 1 is 1.32 bits per heavy atom. The lowest BCUT2D eigenvalue weighted by Crippen LogP contribution is -2.32. The van der Waals surface area contributed by atoms with Crippen LogP contribution in [0.5, 0.6) is 0 Å². The molecule has 0 spiro atoms. The Morgan fingerprint density at radius 3 is 2.47 bits per heavy atom. The number of amides is 1. The zero-order valence-electron chi connectivity index (χ0n) is 11.8. The minimum absolute atomic E-state index is 0.129. The molecule has 2 N–H and O–H groups in total. The van der Waals surface area contributed by atoms with Crippen LogP contribution in [0.1, 0.15) is 37.6 Å². The third kappa shape index (κ3) is 6.12. The molecule has 0 saturated heterocycles. The second-order valence-electron chi connectivity index (χ2n) is 4.95. The van der Waals surface area contributed by atoms with Gasteiger partial charge in [-0.05, 0) is 42.4 Å². The van der Waals surface area contributed by atoms with E-state index in [9.17, 15) is 9.90 Å². The van der Waals surface area contributed by atoms with Crippen molar-refractivity contribution in [3.8, 4) is 0 Å². The molecule has 106 valence electrons.